The lowest BCUT2D eigenvalue weighted by molar-refractivity contribution is -0.118. The fraction of sp³-hybridized carbons (Fsp3) is 1.00. The third kappa shape index (κ3) is 11.7. The summed E-state index contributed by atoms with van der Waals surface area (Å²) in [5.41, 5.74) is 0. The fourth-order valence-corrected chi connectivity index (χ4v) is 2.06. The van der Waals surface area contributed by atoms with Crippen molar-refractivity contribution in [1.82, 2.24) is 0 Å². The van der Waals surface area contributed by atoms with Gasteiger partial charge in [0.2, 0.25) is 0 Å². The molecule has 0 aromatic rings. The molecular weight excluding hydrogens is 271 g/mol. The first-order valence-electron chi connectivity index (χ1n) is 6.46. The highest BCUT2D eigenvalue weighted by molar-refractivity contribution is 7.47. The molecule has 0 aromatic heterocycles. The molecule has 0 spiro atoms. The van der Waals surface area contributed by atoms with Crippen LogP contribution < -0.4 is 0 Å². The molecular formula is C12H27O6P. The van der Waals surface area contributed by atoms with E-state index in [2.05, 4.69) is 0 Å². The highest BCUT2D eigenvalue weighted by Crippen LogP contribution is 2.37. The second kappa shape index (κ2) is 13.2. The largest absolute Gasteiger partial charge is 0.356 e. The minimum atomic E-state index is -0.870. The molecule has 0 aliphatic heterocycles. The van der Waals surface area contributed by atoms with Gasteiger partial charge in [-0.15, -0.1) is 0 Å². The number of methoxy groups -OCH3 is 2. The quantitative estimate of drug-likeness (QED) is 0.295. The van der Waals surface area contributed by atoms with Crippen LogP contribution in [0.1, 0.15) is 20.8 Å². The van der Waals surface area contributed by atoms with Crippen molar-refractivity contribution >= 4 is 8.38 Å². The molecule has 0 aliphatic rings. The van der Waals surface area contributed by atoms with E-state index in [0.717, 1.165) is 6.16 Å². The smallest absolute Gasteiger partial charge is 0.170 e. The van der Waals surface area contributed by atoms with E-state index >= 15 is 0 Å². The van der Waals surface area contributed by atoms with Gasteiger partial charge in [0, 0.05) is 20.4 Å². The second-order valence-corrected chi connectivity index (χ2v) is 5.48. The van der Waals surface area contributed by atoms with Crippen molar-refractivity contribution in [1.29, 1.82) is 0 Å². The fourth-order valence-electron chi connectivity index (χ4n) is 1.06. The van der Waals surface area contributed by atoms with Gasteiger partial charge >= 0.3 is 0 Å². The Kier molecular flexibility index (Phi) is 13.3. The van der Waals surface area contributed by atoms with E-state index in [-0.39, 0.29) is 12.6 Å². The maximum Gasteiger partial charge on any atom is 0.170 e. The van der Waals surface area contributed by atoms with Gasteiger partial charge in [-0.25, -0.2) is 0 Å². The molecule has 0 bridgehead atoms. The van der Waals surface area contributed by atoms with Gasteiger partial charge in [-0.3, -0.25) is 0 Å². The first-order chi connectivity index (χ1) is 9.13. The van der Waals surface area contributed by atoms with Crippen molar-refractivity contribution in [3.63, 3.8) is 0 Å². The van der Waals surface area contributed by atoms with Gasteiger partial charge < -0.3 is 28.0 Å². The van der Waals surface area contributed by atoms with Gasteiger partial charge in [0.05, 0.1) is 26.4 Å². The predicted octanol–water partition coefficient (Wildman–Crippen LogP) is 2.37. The highest BCUT2D eigenvalue weighted by atomic mass is 31.2. The van der Waals surface area contributed by atoms with Crippen LogP contribution in [0, 0.1) is 0 Å². The maximum absolute atomic E-state index is 5.59. The standard InChI is InChI=1S/C12H27O6P/c1-6-19(17-9-7-15-11(2)13-4)18-10-8-16-12(3)14-5/h11-12H,6-10H2,1-5H3. The molecule has 0 rings (SSSR count). The van der Waals surface area contributed by atoms with E-state index in [1.165, 1.54) is 0 Å². The van der Waals surface area contributed by atoms with Crippen LogP contribution in [0.15, 0.2) is 0 Å². The molecule has 0 radical (unpaired) electrons. The van der Waals surface area contributed by atoms with Gasteiger partial charge in [-0.1, -0.05) is 6.92 Å². The molecule has 19 heavy (non-hydrogen) atoms. The van der Waals surface area contributed by atoms with E-state index in [4.69, 9.17) is 28.0 Å². The van der Waals surface area contributed by atoms with Crippen molar-refractivity contribution in [2.45, 2.75) is 33.4 Å². The number of hydrogen-bond acceptors (Lipinski definition) is 6. The van der Waals surface area contributed by atoms with Crippen molar-refractivity contribution in [2.24, 2.45) is 0 Å². The summed E-state index contributed by atoms with van der Waals surface area (Å²) in [6.45, 7) is 7.71. The van der Waals surface area contributed by atoms with E-state index in [9.17, 15) is 0 Å². The van der Waals surface area contributed by atoms with Crippen LogP contribution in [0.4, 0.5) is 0 Å². The molecule has 7 heteroatoms. The molecule has 6 nitrogen and oxygen atoms in total. The molecule has 2 atom stereocenters. The van der Waals surface area contributed by atoms with Gasteiger partial charge in [0.15, 0.2) is 21.0 Å². The first-order valence-corrected chi connectivity index (χ1v) is 7.82. The summed E-state index contributed by atoms with van der Waals surface area (Å²) in [6.07, 6.45) is 0.428. The van der Waals surface area contributed by atoms with Gasteiger partial charge in [-0.2, -0.15) is 0 Å². The Balaban J connectivity index is 3.49. The Labute approximate surface area is 117 Å². The topological polar surface area (TPSA) is 55.4 Å². The third-order valence-corrected chi connectivity index (χ3v) is 3.72. The number of rotatable bonds is 13. The summed E-state index contributed by atoms with van der Waals surface area (Å²) in [5, 5.41) is 0. The average molecular weight is 298 g/mol. The van der Waals surface area contributed by atoms with Crippen LogP contribution in [0.25, 0.3) is 0 Å². The Morgan fingerprint density at radius 3 is 1.53 bits per heavy atom. The highest BCUT2D eigenvalue weighted by Gasteiger charge is 2.08. The first kappa shape index (κ1) is 19.2. The Hall–Kier alpha value is 0.190. The summed E-state index contributed by atoms with van der Waals surface area (Å²) in [7, 11) is 2.34. The zero-order chi connectivity index (χ0) is 14.5. The molecule has 0 N–H and O–H groups in total. The Morgan fingerprint density at radius 1 is 0.789 bits per heavy atom. The van der Waals surface area contributed by atoms with E-state index in [0.29, 0.717) is 26.4 Å². The van der Waals surface area contributed by atoms with E-state index in [1.54, 1.807) is 14.2 Å². The molecule has 0 aliphatic carbocycles. The van der Waals surface area contributed by atoms with Crippen LogP contribution in [0.3, 0.4) is 0 Å². The van der Waals surface area contributed by atoms with Crippen molar-refractivity contribution in [3.05, 3.63) is 0 Å². The molecule has 0 amide bonds. The van der Waals surface area contributed by atoms with E-state index < -0.39 is 8.38 Å². The summed E-state index contributed by atoms with van der Waals surface area (Å²) in [4.78, 5) is 0. The zero-order valence-electron chi connectivity index (χ0n) is 12.6. The molecule has 0 aromatic carbocycles. The minimum Gasteiger partial charge on any atom is -0.356 e. The number of ether oxygens (including phenoxy) is 4. The summed E-state index contributed by atoms with van der Waals surface area (Å²) in [6, 6.07) is 0. The SMILES string of the molecule is CCP(OCCOC(C)OC)OCCOC(C)OC. The number of hydrogen-bond donors (Lipinski definition) is 0. The van der Waals surface area contributed by atoms with Crippen molar-refractivity contribution in [3.8, 4) is 0 Å². The molecule has 0 saturated heterocycles. The zero-order valence-corrected chi connectivity index (χ0v) is 13.5. The lowest BCUT2D eigenvalue weighted by Crippen LogP contribution is -2.15. The predicted molar refractivity (Wildman–Crippen MR) is 74.2 cm³/mol. The third-order valence-electron chi connectivity index (χ3n) is 2.26. The second-order valence-electron chi connectivity index (χ2n) is 3.66. The van der Waals surface area contributed by atoms with Crippen LogP contribution in [-0.2, 0) is 28.0 Å². The minimum absolute atomic E-state index is 0.207. The summed E-state index contributed by atoms with van der Waals surface area (Å²) >= 11 is 0. The van der Waals surface area contributed by atoms with Crippen LogP contribution in [-0.4, -0.2) is 59.4 Å². The Bertz CT molecular complexity index is 177. The Morgan fingerprint density at radius 2 is 1.21 bits per heavy atom. The maximum atomic E-state index is 5.59. The normalized spacial score (nSPS) is 16.3. The van der Waals surface area contributed by atoms with Gasteiger partial charge in [0.25, 0.3) is 0 Å². The van der Waals surface area contributed by atoms with Crippen molar-refractivity contribution in [2.75, 3.05) is 46.8 Å². The molecule has 116 valence electrons. The summed E-state index contributed by atoms with van der Waals surface area (Å²) < 4.78 is 31.8. The van der Waals surface area contributed by atoms with Crippen LogP contribution in [0.2, 0.25) is 0 Å². The van der Waals surface area contributed by atoms with Gasteiger partial charge in [-0.05, 0) is 13.8 Å². The van der Waals surface area contributed by atoms with Crippen molar-refractivity contribution < 1.29 is 28.0 Å². The monoisotopic (exact) mass is 298 g/mol. The molecule has 0 saturated carbocycles. The summed E-state index contributed by atoms with van der Waals surface area (Å²) in [5.74, 6) is 0. The molecule has 0 heterocycles. The molecule has 0 fully saturated rings. The van der Waals surface area contributed by atoms with Crippen LogP contribution in [0.5, 0.6) is 0 Å². The average Bonchev–Trinajstić information content (AvgIpc) is 2.44. The van der Waals surface area contributed by atoms with Crippen LogP contribution >= 0.6 is 8.38 Å². The lowest BCUT2D eigenvalue weighted by atomic mass is 10.7. The molecule has 2 unspecified atom stereocenters. The van der Waals surface area contributed by atoms with E-state index in [1.807, 2.05) is 20.8 Å². The van der Waals surface area contributed by atoms with Gasteiger partial charge in [0.1, 0.15) is 0 Å². The lowest BCUT2D eigenvalue weighted by Gasteiger charge is -2.17.